The molecule has 1 saturated carbocycles. The van der Waals surface area contributed by atoms with Gasteiger partial charge in [-0.15, -0.1) is 10.2 Å². The van der Waals surface area contributed by atoms with Crippen LogP contribution in [-0.2, 0) is 6.54 Å². The Morgan fingerprint density at radius 2 is 1.84 bits per heavy atom. The summed E-state index contributed by atoms with van der Waals surface area (Å²) in [4.78, 5) is 14.1. The fraction of sp³-hybridized carbons (Fsp3) is 0.421. The summed E-state index contributed by atoms with van der Waals surface area (Å²) in [7, 11) is 1.97. The Bertz CT molecular complexity index is 668. The molecule has 0 unspecified atom stereocenters. The highest BCUT2D eigenvalue weighted by Gasteiger charge is 2.16. The van der Waals surface area contributed by atoms with Gasteiger partial charge in [-0.2, -0.15) is 0 Å². The summed E-state index contributed by atoms with van der Waals surface area (Å²) >= 11 is 0. The van der Waals surface area contributed by atoms with Gasteiger partial charge in [-0.1, -0.05) is 49.6 Å². The van der Waals surface area contributed by atoms with Crippen LogP contribution < -0.4 is 15.5 Å². The van der Waals surface area contributed by atoms with Crippen LogP contribution in [0.4, 0.5) is 16.4 Å². The number of anilines is 2. The fourth-order valence-corrected chi connectivity index (χ4v) is 3.12. The van der Waals surface area contributed by atoms with E-state index in [0.717, 1.165) is 25.2 Å². The Labute approximate surface area is 148 Å². The van der Waals surface area contributed by atoms with Crippen LogP contribution in [0.25, 0.3) is 0 Å². The molecule has 1 aromatic carbocycles. The number of nitrogens with one attached hydrogen (secondary N) is 2. The van der Waals surface area contributed by atoms with Crippen molar-refractivity contribution in [3.8, 4) is 0 Å². The topological polar surface area (TPSA) is 70.2 Å². The van der Waals surface area contributed by atoms with Gasteiger partial charge < -0.3 is 10.2 Å². The lowest BCUT2D eigenvalue weighted by atomic mass is 9.96. The minimum atomic E-state index is -0.202. The summed E-state index contributed by atoms with van der Waals surface area (Å²) in [5.41, 5.74) is 1.21. The van der Waals surface area contributed by atoms with Gasteiger partial charge in [0.1, 0.15) is 0 Å². The second-order valence-electron chi connectivity index (χ2n) is 6.55. The molecule has 1 heterocycles. The minimum Gasteiger partial charge on any atom is -0.354 e. The van der Waals surface area contributed by atoms with Crippen molar-refractivity contribution in [2.45, 2.75) is 44.7 Å². The van der Waals surface area contributed by atoms with Gasteiger partial charge in [-0.3, -0.25) is 5.32 Å². The van der Waals surface area contributed by atoms with E-state index in [4.69, 9.17) is 0 Å². The first-order valence-electron chi connectivity index (χ1n) is 8.87. The zero-order chi connectivity index (χ0) is 17.5. The summed E-state index contributed by atoms with van der Waals surface area (Å²) in [6.07, 6.45) is 5.76. The molecule has 6 nitrogen and oxygen atoms in total. The molecule has 25 heavy (non-hydrogen) atoms. The number of nitrogens with zero attached hydrogens (tertiary/aromatic N) is 3. The molecular weight excluding hydrogens is 314 g/mol. The smallest absolute Gasteiger partial charge is 0.320 e. The molecule has 3 rings (SSSR count). The van der Waals surface area contributed by atoms with Crippen molar-refractivity contribution in [2.24, 2.45) is 0 Å². The number of hydrogen-bond donors (Lipinski definition) is 2. The summed E-state index contributed by atoms with van der Waals surface area (Å²) in [5.74, 6) is 1.23. The average molecular weight is 339 g/mol. The largest absolute Gasteiger partial charge is 0.354 e. The maximum absolute atomic E-state index is 12.0. The quantitative estimate of drug-likeness (QED) is 0.874. The van der Waals surface area contributed by atoms with E-state index in [2.05, 4.69) is 33.0 Å². The van der Waals surface area contributed by atoms with E-state index < -0.39 is 0 Å². The Balaban J connectivity index is 1.51. The van der Waals surface area contributed by atoms with Gasteiger partial charge in [0, 0.05) is 19.6 Å². The molecule has 0 spiro atoms. The predicted molar refractivity (Wildman–Crippen MR) is 99.6 cm³/mol. The van der Waals surface area contributed by atoms with Gasteiger partial charge >= 0.3 is 6.03 Å². The zero-order valence-corrected chi connectivity index (χ0v) is 14.6. The third-order valence-electron chi connectivity index (χ3n) is 4.49. The minimum absolute atomic E-state index is 0.202. The number of benzene rings is 1. The molecule has 1 aliphatic carbocycles. The summed E-state index contributed by atoms with van der Waals surface area (Å²) in [5, 5.41) is 14.1. The van der Waals surface area contributed by atoms with Crippen LogP contribution in [0, 0.1) is 0 Å². The first kappa shape index (κ1) is 17.2. The van der Waals surface area contributed by atoms with E-state index >= 15 is 0 Å². The van der Waals surface area contributed by atoms with Crippen molar-refractivity contribution in [3.05, 3.63) is 48.0 Å². The SMILES string of the molecule is CN(Cc1ccccc1)c1ccc(NC(=O)NC2CCCCC2)nn1. The van der Waals surface area contributed by atoms with E-state index in [1.54, 1.807) is 6.07 Å². The van der Waals surface area contributed by atoms with Crippen LogP contribution in [0.1, 0.15) is 37.7 Å². The molecule has 6 heteroatoms. The van der Waals surface area contributed by atoms with Crippen LogP contribution in [0.5, 0.6) is 0 Å². The van der Waals surface area contributed by atoms with Crippen LogP contribution in [0.3, 0.4) is 0 Å². The number of carbonyl (C=O) groups is 1. The van der Waals surface area contributed by atoms with Crippen molar-refractivity contribution in [1.29, 1.82) is 0 Å². The van der Waals surface area contributed by atoms with Crippen molar-refractivity contribution in [2.75, 3.05) is 17.3 Å². The van der Waals surface area contributed by atoms with Gasteiger partial charge in [-0.05, 0) is 30.5 Å². The third kappa shape index (κ3) is 5.17. The summed E-state index contributed by atoms with van der Waals surface area (Å²) in [6, 6.07) is 13.9. The molecule has 1 aliphatic rings. The van der Waals surface area contributed by atoms with E-state index in [9.17, 15) is 4.79 Å². The molecule has 0 bridgehead atoms. The van der Waals surface area contributed by atoms with Crippen LogP contribution >= 0.6 is 0 Å². The highest BCUT2D eigenvalue weighted by molar-refractivity contribution is 5.88. The van der Waals surface area contributed by atoms with Crippen LogP contribution in [0.15, 0.2) is 42.5 Å². The maximum atomic E-state index is 12.0. The Morgan fingerprint density at radius 3 is 2.52 bits per heavy atom. The zero-order valence-electron chi connectivity index (χ0n) is 14.6. The lowest BCUT2D eigenvalue weighted by Gasteiger charge is -2.22. The van der Waals surface area contributed by atoms with Gasteiger partial charge in [0.15, 0.2) is 11.6 Å². The maximum Gasteiger partial charge on any atom is 0.320 e. The van der Waals surface area contributed by atoms with E-state index in [1.807, 2.05) is 36.2 Å². The molecule has 0 radical (unpaired) electrons. The van der Waals surface area contributed by atoms with Gasteiger partial charge in [0.25, 0.3) is 0 Å². The number of aromatic nitrogens is 2. The molecule has 2 aromatic rings. The molecule has 132 valence electrons. The Kier molecular flexibility index (Phi) is 5.82. The van der Waals surface area contributed by atoms with Crippen molar-refractivity contribution in [1.82, 2.24) is 15.5 Å². The highest BCUT2D eigenvalue weighted by Crippen LogP contribution is 2.17. The first-order chi connectivity index (χ1) is 12.2. The molecule has 2 amide bonds. The fourth-order valence-electron chi connectivity index (χ4n) is 3.12. The van der Waals surface area contributed by atoms with Crippen molar-refractivity contribution in [3.63, 3.8) is 0 Å². The Morgan fingerprint density at radius 1 is 1.08 bits per heavy atom. The number of carbonyl (C=O) groups excluding carboxylic acids is 1. The third-order valence-corrected chi connectivity index (χ3v) is 4.49. The van der Waals surface area contributed by atoms with E-state index in [0.29, 0.717) is 5.82 Å². The molecule has 1 aromatic heterocycles. The predicted octanol–water partition coefficient (Wildman–Crippen LogP) is 3.57. The average Bonchev–Trinajstić information content (AvgIpc) is 2.64. The lowest BCUT2D eigenvalue weighted by molar-refractivity contribution is 0.244. The van der Waals surface area contributed by atoms with Crippen LogP contribution in [-0.4, -0.2) is 29.3 Å². The lowest BCUT2D eigenvalue weighted by Crippen LogP contribution is -2.39. The number of rotatable bonds is 5. The second-order valence-corrected chi connectivity index (χ2v) is 6.55. The second kappa shape index (κ2) is 8.46. The number of amides is 2. The molecule has 1 fully saturated rings. The van der Waals surface area contributed by atoms with Gasteiger partial charge in [0.05, 0.1) is 0 Å². The normalized spacial score (nSPS) is 14.8. The molecule has 0 saturated heterocycles. The molecular formula is C19H25N5O. The summed E-state index contributed by atoms with van der Waals surface area (Å²) in [6.45, 7) is 0.754. The van der Waals surface area contributed by atoms with Crippen molar-refractivity contribution < 1.29 is 4.79 Å². The summed E-state index contributed by atoms with van der Waals surface area (Å²) < 4.78 is 0. The van der Waals surface area contributed by atoms with Gasteiger partial charge in [0.2, 0.25) is 0 Å². The number of urea groups is 1. The molecule has 2 N–H and O–H groups in total. The molecule has 0 atom stereocenters. The monoisotopic (exact) mass is 339 g/mol. The standard InChI is InChI=1S/C19H25N5O/c1-24(14-15-8-4-2-5-9-15)18-13-12-17(22-23-18)21-19(25)20-16-10-6-3-7-11-16/h2,4-5,8-9,12-13,16H,3,6-7,10-11,14H2,1H3,(H2,20,21,22,25). The Hall–Kier alpha value is -2.63. The van der Waals surface area contributed by atoms with Crippen LogP contribution in [0.2, 0.25) is 0 Å². The van der Waals surface area contributed by atoms with Crippen molar-refractivity contribution >= 4 is 17.7 Å². The first-order valence-corrected chi connectivity index (χ1v) is 8.87. The van der Waals surface area contributed by atoms with E-state index in [-0.39, 0.29) is 12.1 Å². The highest BCUT2D eigenvalue weighted by atomic mass is 16.2. The number of hydrogen-bond acceptors (Lipinski definition) is 4. The molecule has 0 aliphatic heterocycles. The van der Waals surface area contributed by atoms with Gasteiger partial charge in [-0.25, -0.2) is 4.79 Å². The van der Waals surface area contributed by atoms with E-state index in [1.165, 1.54) is 24.8 Å².